The first-order chi connectivity index (χ1) is 9.19. The molecule has 3 rings (SSSR count). The van der Waals surface area contributed by atoms with Crippen molar-refractivity contribution in [3.63, 3.8) is 0 Å². The van der Waals surface area contributed by atoms with Crippen LogP contribution in [0.1, 0.15) is 49.9 Å². The first-order valence-corrected chi connectivity index (χ1v) is 7.29. The van der Waals surface area contributed by atoms with Crippen LogP contribution < -0.4 is 16.2 Å². The molecule has 104 valence electrons. The van der Waals surface area contributed by atoms with Gasteiger partial charge in [-0.3, -0.25) is 0 Å². The van der Waals surface area contributed by atoms with Gasteiger partial charge < -0.3 is 10.3 Å². The molecule has 1 saturated heterocycles. The van der Waals surface area contributed by atoms with Crippen LogP contribution in [0.3, 0.4) is 0 Å². The average molecular weight is 261 g/mol. The van der Waals surface area contributed by atoms with Crippen LogP contribution in [0.15, 0.2) is 0 Å². The van der Waals surface area contributed by atoms with Crippen molar-refractivity contribution in [2.24, 2.45) is 11.8 Å². The van der Waals surface area contributed by atoms with Gasteiger partial charge in [0.2, 0.25) is 0 Å². The minimum Gasteiger partial charge on any atom is -0.356 e. The molecule has 1 aromatic rings. The van der Waals surface area contributed by atoms with E-state index in [2.05, 4.69) is 29.2 Å². The van der Waals surface area contributed by atoms with Gasteiger partial charge in [0.25, 0.3) is 0 Å². The molecule has 2 aliphatic rings. The Morgan fingerprint density at radius 1 is 1.16 bits per heavy atom. The van der Waals surface area contributed by atoms with Crippen molar-refractivity contribution < 1.29 is 0 Å². The predicted octanol–water partition coefficient (Wildman–Crippen LogP) is 2.18. The van der Waals surface area contributed by atoms with Crippen molar-refractivity contribution in [2.45, 2.75) is 45.4 Å². The first-order valence-electron chi connectivity index (χ1n) is 7.29. The predicted molar refractivity (Wildman–Crippen MR) is 77.2 cm³/mol. The maximum absolute atomic E-state index is 5.60. The van der Waals surface area contributed by atoms with Gasteiger partial charge in [0.15, 0.2) is 0 Å². The minimum absolute atomic E-state index is 0.551. The van der Waals surface area contributed by atoms with Crippen LogP contribution >= 0.6 is 0 Å². The highest BCUT2D eigenvalue weighted by molar-refractivity contribution is 5.58. The molecule has 0 atom stereocenters. The summed E-state index contributed by atoms with van der Waals surface area (Å²) >= 11 is 0. The molecular weight excluding hydrogens is 238 g/mol. The van der Waals surface area contributed by atoms with E-state index < -0.39 is 0 Å². The van der Waals surface area contributed by atoms with Gasteiger partial charge in [-0.05, 0) is 38.5 Å². The lowest BCUT2D eigenvalue weighted by atomic mass is 9.99. The van der Waals surface area contributed by atoms with Crippen molar-refractivity contribution in [3.05, 3.63) is 11.4 Å². The lowest BCUT2D eigenvalue weighted by Gasteiger charge is -2.32. The summed E-state index contributed by atoms with van der Waals surface area (Å²) in [6, 6.07) is 0. The van der Waals surface area contributed by atoms with E-state index in [1.807, 2.05) is 0 Å². The number of nitrogens with one attached hydrogen (secondary N) is 1. The highest BCUT2D eigenvalue weighted by atomic mass is 15.3. The topological polar surface area (TPSA) is 67.1 Å². The third kappa shape index (κ3) is 2.52. The van der Waals surface area contributed by atoms with E-state index >= 15 is 0 Å². The summed E-state index contributed by atoms with van der Waals surface area (Å²) in [5.74, 6) is 9.81. The number of rotatable bonds is 3. The van der Waals surface area contributed by atoms with E-state index in [1.54, 1.807) is 0 Å². The first kappa shape index (κ1) is 12.7. The molecule has 0 aromatic carbocycles. The van der Waals surface area contributed by atoms with Gasteiger partial charge in [-0.25, -0.2) is 15.8 Å². The van der Waals surface area contributed by atoms with Crippen molar-refractivity contribution in [1.29, 1.82) is 0 Å². The average Bonchev–Trinajstić information content (AvgIpc) is 3.25. The van der Waals surface area contributed by atoms with Crippen molar-refractivity contribution >= 4 is 11.6 Å². The molecule has 0 bridgehead atoms. The van der Waals surface area contributed by atoms with Crippen molar-refractivity contribution in [3.8, 4) is 0 Å². The Balaban J connectivity index is 1.92. The molecule has 19 heavy (non-hydrogen) atoms. The third-order valence-electron chi connectivity index (χ3n) is 4.30. The number of nitrogens with two attached hydrogens (primary N) is 1. The van der Waals surface area contributed by atoms with Gasteiger partial charge in [0, 0.05) is 24.6 Å². The van der Waals surface area contributed by atoms with E-state index in [-0.39, 0.29) is 0 Å². The summed E-state index contributed by atoms with van der Waals surface area (Å²) < 4.78 is 0. The number of aromatic nitrogens is 2. The Labute approximate surface area is 114 Å². The summed E-state index contributed by atoms with van der Waals surface area (Å²) in [5.41, 5.74) is 3.80. The molecule has 5 nitrogen and oxygen atoms in total. The molecule has 0 spiro atoms. The van der Waals surface area contributed by atoms with Crippen molar-refractivity contribution in [1.82, 2.24) is 9.97 Å². The maximum atomic E-state index is 5.60. The zero-order chi connectivity index (χ0) is 13.4. The molecule has 3 N–H and O–H groups in total. The molecule has 2 fully saturated rings. The molecule has 1 aliphatic carbocycles. The molecule has 0 unspecified atom stereocenters. The highest BCUT2D eigenvalue weighted by Gasteiger charge is 2.29. The van der Waals surface area contributed by atoms with Crippen LogP contribution in [0.4, 0.5) is 11.6 Å². The Morgan fingerprint density at radius 2 is 1.84 bits per heavy atom. The fraction of sp³-hybridized carbons (Fsp3) is 0.714. The minimum atomic E-state index is 0.551. The van der Waals surface area contributed by atoms with Crippen LogP contribution in [0.25, 0.3) is 0 Å². The Hall–Kier alpha value is -1.36. The third-order valence-corrected chi connectivity index (χ3v) is 4.30. The Morgan fingerprint density at radius 3 is 2.42 bits per heavy atom. The molecule has 0 amide bonds. The normalized spacial score (nSPS) is 20.7. The van der Waals surface area contributed by atoms with Crippen LogP contribution in [0.5, 0.6) is 0 Å². The number of hydrogen-bond donors (Lipinski definition) is 2. The zero-order valence-electron chi connectivity index (χ0n) is 11.8. The largest absolute Gasteiger partial charge is 0.356 e. The second-order valence-corrected chi connectivity index (χ2v) is 5.97. The molecule has 2 heterocycles. The zero-order valence-corrected chi connectivity index (χ0v) is 11.8. The summed E-state index contributed by atoms with van der Waals surface area (Å²) in [6.07, 6.45) is 4.91. The van der Waals surface area contributed by atoms with Crippen molar-refractivity contribution in [2.75, 3.05) is 23.4 Å². The monoisotopic (exact) mass is 261 g/mol. The fourth-order valence-electron chi connectivity index (χ4n) is 2.71. The Bertz CT molecular complexity index is 461. The SMILES string of the molecule is Cc1c(NN)nc(C2CC2)nc1N1CCC(C)CC1. The summed E-state index contributed by atoms with van der Waals surface area (Å²) in [7, 11) is 0. The van der Waals surface area contributed by atoms with Crippen LogP contribution in [0, 0.1) is 12.8 Å². The molecule has 5 heteroatoms. The van der Waals surface area contributed by atoms with Crippen LogP contribution in [0.2, 0.25) is 0 Å². The standard InChI is InChI=1S/C14H23N5/c1-9-5-7-19(8-6-9)14-10(2)12(18-15)16-13(17-14)11-3-4-11/h9,11H,3-8,15H2,1-2H3,(H,16,17,18). The fourth-order valence-corrected chi connectivity index (χ4v) is 2.71. The number of hydrogen-bond acceptors (Lipinski definition) is 5. The number of nitrogens with zero attached hydrogens (tertiary/aromatic N) is 3. The lowest BCUT2D eigenvalue weighted by molar-refractivity contribution is 0.436. The quantitative estimate of drug-likeness (QED) is 0.645. The summed E-state index contributed by atoms with van der Waals surface area (Å²) in [4.78, 5) is 11.8. The molecule has 1 aromatic heterocycles. The molecule has 0 radical (unpaired) electrons. The number of nitrogen functional groups attached to an aromatic ring is 1. The van der Waals surface area contributed by atoms with Gasteiger partial charge in [0.05, 0.1) is 0 Å². The van der Waals surface area contributed by atoms with Gasteiger partial charge in [-0.2, -0.15) is 0 Å². The Kier molecular flexibility index (Phi) is 3.31. The second kappa shape index (κ2) is 4.96. The number of hydrazine groups is 1. The van der Waals surface area contributed by atoms with Gasteiger partial charge in [-0.15, -0.1) is 0 Å². The highest BCUT2D eigenvalue weighted by Crippen LogP contribution is 2.40. The smallest absolute Gasteiger partial charge is 0.148 e. The van der Waals surface area contributed by atoms with Gasteiger partial charge in [-0.1, -0.05) is 6.92 Å². The summed E-state index contributed by atoms with van der Waals surface area (Å²) in [5, 5.41) is 0. The van der Waals surface area contributed by atoms with E-state index in [0.29, 0.717) is 5.92 Å². The van der Waals surface area contributed by atoms with Gasteiger partial charge in [0.1, 0.15) is 17.5 Å². The van der Waals surface area contributed by atoms with Crippen LogP contribution in [-0.4, -0.2) is 23.1 Å². The summed E-state index contributed by atoms with van der Waals surface area (Å²) in [6.45, 7) is 6.56. The van der Waals surface area contributed by atoms with E-state index in [1.165, 1.54) is 25.7 Å². The van der Waals surface area contributed by atoms with E-state index in [9.17, 15) is 0 Å². The number of piperidine rings is 1. The lowest BCUT2D eigenvalue weighted by Crippen LogP contribution is -2.34. The van der Waals surface area contributed by atoms with E-state index in [0.717, 1.165) is 42.0 Å². The maximum Gasteiger partial charge on any atom is 0.148 e. The molecular formula is C14H23N5. The second-order valence-electron chi connectivity index (χ2n) is 5.97. The number of anilines is 2. The van der Waals surface area contributed by atoms with E-state index in [4.69, 9.17) is 10.8 Å². The molecule has 1 saturated carbocycles. The van der Waals surface area contributed by atoms with Crippen LogP contribution in [-0.2, 0) is 0 Å². The molecule has 1 aliphatic heterocycles. The van der Waals surface area contributed by atoms with Gasteiger partial charge >= 0.3 is 0 Å².